The van der Waals surface area contributed by atoms with E-state index in [1.54, 1.807) is 55.6 Å². The number of amides is 1. The topological polar surface area (TPSA) is 142 Å². The molecule has 2 aromatic heterocycles. The maximum atomic E-state index is 13.3. The number of halogens is 1. The van der Waals surface area contributed by atoms with Crippen LogP contribution in [0.1, 0.15) is 50.9 Å². The van der Waals surface area contributed by atoms with Crippen molar-refractivity contribution in [2.45, 2.75) is 26.7 Å². The number of benzene rings is 2. The van der Waals surface area contributed by atoms with Crippen molar-refractivity contribution in [2.75, 3.05) is 18.1 Å². The molecule has 0 fully saturated rings. The largest absolute Gasteiger partial charge is 0.465 e. The summed E-state index contributed by atoms with van der Waals surface area (Å²) in [5.74, 6) is -0.920. The molecule has 4 N–H and O–H groups in total. The quantitative estimate of drug-likeness (QED) is 0.115. The summed E-state index contributed by atoms with van der Waals surface area (Å²) in [6.45, 7) is 3.49. The second-order valence-electron chi connectivity index (χ2n) is 8.83. The summed E-state index contributed by atoms with van der Waals surface area (Å²) >= 11 is 0. The third-order valence-electron chi connectivity index (χ3n) is 6.21. The van der Waals surface area contributed by atoms with E-state index in [0.29, 0.717) is 40.7 Å². The van der Waals surface area contributed by atoms with Crippen LogP contribution in [-0.2, 0) is 16.0 Å². The Hall–Kier alpha value is -4.50. The highest BCUT2D eigenvalue weighted by Crippen LogP contribution is 2.29. The van der Waals surface area contributed by atoms with Crippen LogP contribution < -0.4 is 10.6 Å². The van der Waals surface area contributed by atoms with Gasteiger partial charge >= 0.3 is 5.97 Å². The first-order valence-corrected chi connectivity index (χ1v) is 12.2. The Labute approximate surface area is 232 Å². The molecule has 2 aromatic carbocycles. The molecule has 0 saturated carbocycles. The van der Waals surface area contributed by atoms with E-state index in [2.05, 4.69) is 9.97 Å². The number of carbonyl (C=O) groups is 3. The number of amidine groups is 1. The highest BCUT2D eigenvalue weighted by Gasteiger charge is 2.23. The van der Waals surface area contributed by atoms with Crippen molar-refractivity contribution in [3.05, 3.63) is 94.9 Å². The summed E-state index contributed by atoms with van der Waals surface area (Å²) in [6, 6.07) is 15.8. The molecule has 0 bridgehead atoms. The van der Waals surface area contributed by atoms with Gasteiger partial charge in [0.2, 0.25) is 0 Å². The smallest absolute Gasteiger partial charge is 0.326 e. The van der Waals surface area contributed by atoms with Crippen LogP contribution >= 0.6 is 12.4 Å². The molecule has 4 rings (SSSR count). The van der Waals surface area contributed by atoms with Gasteiger partial charge in [0.25, 0.3) is 5.91 Å². The standard InChI is InChI=1S/C29H29N5O4.ClH/c1-3-38-26(36)17-34(29(37)21-5-4-14-32-16-21)22-11-12-23-24(15-22)33-18(2)27(23)25(35)13-8-19-6-9-20(10-7-19)28(30)31;/h4-7,9-12,14-16,33H,3,8,13,17H2,1-2H3,(H3,30,31);1H. The molecule has 0 aliphatic heterocycles. The zero-order valence-corrected chi connectivity index (χ0v) is 22.5. The number of fused-ring (bicyclic) bond motifs is 1. The number of carbonyl (C=O) groups excluding carboxylic acids is 3. The number of aromatic amines is 1. The number of Topliss-reactive ketones (excluding diaryl/α,β-unsaturated/α-hetero) is 1. The number of H-pyrrole nitrogens is 1. The lowest BCUT2D eigenvalue weighted by atomic mass is 9.99. The predicted octanol–water partition coefficient (Wildman–Crippen LogP) is 4.60. The second kappa shape index (κ2) is 12.8. The number of aryl methyl sites for hydroxylation is 2. The molecular weight excluding hydrogens is 518 g/mol. The number of hydrogen-bond acceptors (Lipinski definition) is 6. The Balaban J connectivity index is 0.00000420. The number of anilines is 1. The lowest BCUT2D eigenvalue weighted by molar-refractivity contribution is -0.141. The average Bonchev–Trinajstić information content (AvgIpc) is 3.25. The molecule has 10 heteroatoms. The number of aromatic nitrogens is 2. The van der Waals surface area contributed by atoms with Gasteiger partial charge in [-0.2, -0.15) is 0 Å². The Morgan fingerprint density at radius 1 is 1.08 bits per heavy atom. The van der Waals surface area contributed by atoms with Crippen molar-refractivity contribution in [3.8, 4) is 0 Å². The van der Waals surface area contributed by atoms with Gasteiger partial charge in [-0.15, -0.1) is 12.4 Å². The molecule has 0 spiro atoms. The van der Waals surface area contributed by atoms with Gasteiger partial charge in [-0.3, -0.25) is 29.7 Å². The van der Waals surface area contributed by atoms with Crippen molar-refractivity contribution in [3.63, 3.8) is 0 Å². The summed E-state index contributed by atoms with van der Waals surface area (Å²) in [5.41, 5.74) is 9.97. The number of pyridine rings is 1. The molecule has 0 aliphatic carbocycles. The van der Waals surface area contributed by atoms with Gasteiger partial charge in [0, 0.05) is 52.2 Å². The number of esters is 1. The first-order valence-electron chi connectivity index (χ1n) is 12.2. The summed E-state index contributed by atoms with van der Waals surface area (Å²) in [6.07, 6.45) is 3.87. The monoisotopic (exact) mass is 547 g/mol. The van der Waals surface area contributed by atoms with Crippen LogP contribution in [0.4, 0.5) is 5.69 Å². The summed E-state index contributed by atoms with van der Waals surface area (Å²) in [7, 11) is 0. The van der Waals surface area contributed by atoms with E-state index in [-0.39, 0.29) is 43.1 Å². The van der Waals surface area contributed by atoms with Crippen molar-refractivity contribution in [1.29, 1.82) is 5.41 Å². The Kier molecular flexibility index (Phi) is 9.57. The van der Waals surface area contributed by atoms with E-state index in [0.717, 1.165) is 16.6 Å². The van der Waals surface area contributed by atoms with Gasteiger partial charge in [-0.1, -0.05) is 30.3 Å². The number of nitrogen functional groups attached to an aromatic ring is 1. The van der Waals surface area contributed by atoms with E-state index in [4.69, 9.17) is 15.9 Å². The van der Waals surface area contributed by atoms with Crippen LogP contribution in [-0.4, -0.2) is 46.6 Å². The fourth-order valence-corrected chi connectivity index (χ4v) is 4.34. The SMILES string of the molecule is CCOC(=O)CN(C(=O)c1cccnc1)c1ccc2c(C(=O)CCc3ccc(C(=N)N)cc3)c(C)[nH]c2c1.Cl. The zero-order chi connectivity index (χ0) is 27.2. The van der Waals surface area contributed by atoms with E-state index in [1.807, 2.05) is 19.1 Å². The Bertz CT molecular complexity index is 1500. The average molecular weight is 548 g/mol. The molecule has 0 atom stereocenters. The fourth-order valence-electron chi connectivity index (χ4n) is 4.34. The van der Waals surface area contributed by atoms with Crippen LogP contribution in [0.5, 0.6) is 0 Å². The van der Waals surface area contributed by atoms with Crippen LogP contribution in [0.2, 0.25) is 0 Å². The van der Waals surface area contributed by atoms with E-state index >= 15 is 0 Å². The first kappa shape index (κ1) is 29.1. The third-order valence-corrected chi connectivity index (χ3v) is 6.21. The van der Waals surface area contributed by atoms with E-state index in [1.165, 1.54) is 11.1 Å². The van der Waals surface area contributed by atoms with Gasteiger partial charge in [-0.05, 0) is 50.1 Å². The molecule has 0 unspecified atom stereocenters. The highest BCUT2D eigenvalue weighted by molar-refractivity contribution is 6.12. The van der Waals surface area contributed by atoms with Crippen LogP contribution in [0.3, 0.4) is 0 Å². The van der Waals surface area contributed by atoms with Gasteiger partial charge < -0.3 is 15.5 Å². The number of hydrogen-bond donors (Lipinski definition) is 3. The van der Waals surface area contributed by atoms with E-state index in [9.17, 15) is 14.4 Å². The van der Waals surface area contributed by atoms with Crippen molar-refractivity contribution >= 4 is 52.5 Å². The third kappa shape index (κ3) is 6.69. The highest BCUT2D eigenvalue weighted by atomic mass is 35.5. The molecule has 0 aliphatic rings. The minimum atomic E-state index is -0.528. The van der Waals surface area contributed by atoms with Crippen molar-refractivity contribution in [1.82, 2.24) is 9.97 Å². The van der Waals surface area contributed by atoms with Crippen molar-refractivity contribution in [2.24, 2.45) is 5.73 Å². The van der Waals surface area contributed by atoms with E-state index < -0.39 is 5.97 Å². The molecule has 2 heterocycles. The maximum Gasteiger partial charge on any atom is 0.326 e. The Morgan fingerprint density at radius 2 is 1.82 bits per heavy atom. The lowest BCUT2D eigenvalue weighted by Gasteiger charge is -2.22. The molecule has 202 valence electrons. The summed E-state index contributed by atoms with van der Waals surface area (Å²) < 4.78 is 5.09. The van der Waals surface area contributed by atoms with Crippen molar-refractivity contribution < 1.29 is 19.1 Å². The van der Waals surface area contributed by atoms with Gasteiger partial charge in [-0.25, -0.2) is 0 Å². The predicted molar refractivity (Wildman–Crippen MR) is 153 cm³/mol. The minimum absolute atomic E-state index is 0. The molecule has 0 radical (unpaired) electrons. The van der Waals surface area contributed by atoms with Gasteiger partial charge in [0.15, 0.2) is 5.78 Å². The van der Waals surface area contributed by atoms with Gasteiger partial charge in [0.05, 0.1) is 12.2 Å². The normalized spacial score (nSPS) is 10.5. The van der Waals surface area contributed by atoms with Crippen LogP contribution in [0.15, 0.2) is 67.0 Å². The molecule has 4 aromatic rings. The molecule has 1 amide bonds. The minimum Gasteiger partial charge on any atom is -0.465 e. The molecular formula is C29H30ClN5O4. The number of ketones is 1. The maximum absolute atomic E-state index is 13.3. The summed E-state index contributed by atoms with van der Waals surface area (Å²) in [5, 5.41) is 8.25. The number of nitrogens with one attached hydrogen (secondary N) is 2. The number of nitrogens with two attached hydrogens (primary N) is 1. The van der Waals surface area contributed by atoms with Gasteiger partial charge in [0.1, 0.15) is 12.4 Å². The van der Waals surface area contributed by atoms with Crippen LogP contribution in [0, 0.1) is 12.3 Å². The first-order chi connectivity index (χ1) is 18.3. The second-order valence-corrected chi connectivity index (χ2v) is 8.83. The lowest BCUT2D eigenvalue weighted by Crippen LogP contribution is -2.36. The zero-order valence-electron chi connectivity index (χ0n) is 21.7. The number of nitrogens with zero attached hydrogens (tertiary/aromatic N) is 2. The number of ether oxygens (including phenoxy) is 1. The Morgan fingerprint density at radius 3 is 2.46 bits per heavy atom. The summed E-state index contributed by atoms with van der Waals surface area (Å²) in [4.78, 5) is 47.4. The fraction of sp³-hybridized carbons (Fsp3) is 0.207. The molecule has 0 saturated heterocycles. The molecule has 9 nitrogen and oxygen atoms in total. The number of rotatable bonds is 10. The molecule has 39 heavy (non-hydrogen) atoms. The van der Waals surface area contributed by atoms with Crippen LogP contribution in [0.25, 0.3) is 10.9 Å².